The van der Waals surface area contributed by atoms with E-state index in [1.165, 1.54) is 25.8 Å². The van der Waals surface area contributed by atoms with E-state index in [0.29, 0.717) is 18.2 Å². The molecule has 7 heteroatoms. The summed E-state index contributed by atoms with van der Waals surface area (Å²) in [5.41, 5.74) is 1.82. The van der Waals surface area contributed by atoms with Crippen LogP contribution in [-0.4, -0.2) is 68.5 Å². The van der Waals surface area contributed by atoms with Gasteiger partial charge in [0, 0.05) is 52.4 Å². The van der Waals surface area contributed by atoms with Gasteiger partial charge in [0.2, 0.25) is 0 Å². The zero-order valence-corrected chi connectivity index (χ0v) is 19.3. The number of carbonyl (C=O) groups is 1. The van der Waals surface area contributed by atoms with Crippen LogP contribution in [0.1, 0.15) is 42.1 Å². The van der Waals surface area contributed by atoms with Gasteiger partial charge in [0.05, 0.1) is 0 Å². The third-order valence-electron chi connectivity index (χ3n) is 4.92. The van der Waals surface area contributed by atoms with Crippen molar-refractivity contribution in [2.24, 2.45) is 4.99 Å². The third kappa shape index (κ3) is 7.65. The van der Waals surface area contributed by atoms with Gasteiger partial charge in [-0.3, -0.25) is 14.7 Å². The highest BCUT2D eigenvalue weighted by Gasteiger charge is 2.17. The first-order valence-electron chi connectivity index (χ1n) is 9.50. The number of hydrogen-bond donors (Lipinski definition) is 2. The average Bonchev–Trinajstić information content (AvgIpc) is 2.65. The second-order valence-electron chi connectivity index (χ2n) is 7.13. The number of guanidine groups is 1. The minimum atomic E-state index is 0. The van der Waals surface area contributed by atoms with E-state index in [4.69, 9.17) is 0 Å². The molecule has 1 fully saturated rings. The number of carbonyl (C=O) groups excluding carboxylic acids is 1. The Morgan fingerprint density at radius 2 is 1.93 bits per heavy atom. The van der Waals surface area contributed by atoms with Crippen LogP contribution in [0.4, 0.5) is 0 Å². The molecule has 1 aromatic rings. The quantitative estimate of drug-likeness (QED) is 0.368. The summed E-state index contributed by atoms with van der Waals surface area (Å²) in [6.45, 7) is 6.13. The van der Waals surface area contributed by atoms with E-state index in [2.05, 4.69) is 27.4 Å². The largest absolute Gasteiger partial charge is 0.355 e. The Bertz CT molecular complexity index is 603. The molecule has 152 valence electrons. The molecule has 1 amide bonds. The molecule has 0 aromatic heterocycles. The van der Waals surface area contributed by atoms with Crippen molar-refractivity contribution in [3.05, 3.63) is 35.4 Å². The van der Waals surface area contributed by atoms with Gasteiger partial charge in [0.25, 0.3) is 5.91 Å². The van der Waals surface area contributed by atoms with Gasteiger partial charge in [0.15, 0.2) is 5.96 Å². The van der Waals surface area contributed by atoms with Crippen molar-refractivity contribution < 1.29 is 4.79 Å². The van der Waals surface area contributed by atoms with Gasteiger partial charge in [-0.1, -0.05) is 18.6 Å². The van der Waals surface area contributed by atoms with Gasteiger partial charge in [0.1, 0.15) is 0 Å². The Kier molecular flexibility index (Phi) is 10.7. The second-order valence-corrected chi connectivity index (χ2v) is 7.13. The molecule has 0 spiro atoms. The fraction of sp³-hybridized carbons (Fsp3) is 0.600. The topological polar surface area (TPSA) is 60.0 Å². The fourth-order valence-corrected chi connectivity index (χ4v) is 3.24. The maximum atomic E-state index is 11.9. The summed E-state index contributed by atoms with van der Waals surface area (Å²) in [4.78, 5) is 20.3. The monoisotopic (exact) mass is 487 g/mol. The van der Waals surface area contributed by atoms with Crippen LogP contribution in [-0.2, 0) is 6.54 Å². The molecule has 1 heterocycles. The van der Waals surface area contributed by atoms with Crippen molar-refractivity contribution in [3.8, 4) is 0 Å². The van der Waals surface area contributed by atoms with Gasteiger partial charge in [-0.25, -0.2) is 0 Å². The molecular formula is C20H34IN5O. The van der Waals surface area contributed by atoms with E-state index >= 15 is 0 Å². The summed E-state index contributed by atoms with van der Waals surface area (Å²) < 4.78 is 0. The molecular weight excluding hydrogens is 453 g/mol. The van der Waals surface area contributed by atoms with E-state index in [1.807, 2.05) is 24.3 Å². The Morgan fingerprint density at radius 3 is 2.52 bits per heavy atom. The Morgan fingerprint density at radius 1 is 1.22 bits per heavy atom. The maximum Gasteiger partial charge on any atom is 0.253 e. The second kappa shape index (κ2) is 12.2. The summed E-state index contributed by atoms with van der Waals surface area (Å²) in [5, 5.41) is 6.72. The molecule has 0 radical (unpaired) electrons. The van der Waals surface area contributed by atoms with Crippen LogP contribution in [0.5, 0.6) is 0 Å². The maximum absolute atomic E-state index is 11.9. The molecule has 1 saturated heterocycles. The number of nitrogens with zero attached hydrogens (tertiary/aromatic N) is 3. The average molecular weight is 487 g/mol. The number of benzene rings is 1. The lowest BCUT2D eigenvalue weighted by molar-refractivity contribution is 0.0827. The van der Waals surface area contributed by atoms with E-state index in [-0.39, 0.29) is 29.9 Å². The van der Waals surface area contributed by atoms with Gasteiger partial charge >= 0.3 is 0 Å². The number of rotatable bonds is 6. The first-order chi connectivity index (χ1) is 12.5. The van der Waals surface area contributed by atoms with Crippen LogP contribution in [0.2, 0.25) is 0 Å². The third-order valence-corrected chi connectivity index (χ3v) is 4.92. The molecule has 1 atom stereocenters. The van der Waals surface area contributed by atoms with E-state index < -0.39 is 0 Å². The number of aliphatic imine (C=N–C) groups is 1. The zero-order valence-electron chi connectivity index (χ0n) is 17.0. The van der Waals surface area contributed by atoms with Crippen LogP contribution in [0.3, 0.4) is 0 Å². The number of likely N-dealkylation sites (tertiary alicyclic amines) is 1. The van der Waals surface area contributed by atoms with Crippen molar-refractivity contribution in [3.63, 3.8) is 0 Å². The van der Waals surface area contributed by atoms with Crippen LogP contribution in [0.25, 0.3) is 0 Å². The first-order valence-corrected chi connectivity index (χ1v) is 9.50. The van der Waals surface area contributed by atoms with Crippen LogP contribution in [0.15, 0.2) is 29.3 Å². The number of amides is 1. The molecule has 0 aliphatic carbocycles. The summed E-state index contributed by atoms with van der Waals surface area (Å²) >= 11 is 0. The van der Waals surface area contributed by atoms with Crippen molar-refractivity contribution in [2.45, 2.75) is 38.8 Å². The lowest BCUT2D eigenvalue weighted by Gasteiger charge is -2.33. The van der Waals surface area contributed by atoms with E-state index in [1.54, 1.807) is 26.0 Å². The minimum absolute atomic E-state index is 0. The van der Waals surface area contributed by atoms with Crippen molar-refractivity contribution in [1.29, 1.82) is 0 Å². The summed E-state index contributed by atoms with van der Waals surface area (Å²) in [6, 6.07) is 8.38. The molecule has 2 rings (SSSR count). The molecule has 2 N–H and O–H groups in total. The molecule has 1 aliphatic rings. The molecule has 1 aliphatic heterocycles. The highest BCUT2D eigenvalue weighted by molar-refractivity contribution is 14.0. The molecule has 27 heavy (non-hydrogen) atoms. The minimum Gasteiger partial charge on any atom is -0.355 e. The van der Waals surface area contributed by atoms with Crippen LogP contribution < -0.4 is 10.6 Å². The Hall–Kier alpha value is -1.35. The summed E-state index contributed by atoms with van der Waals surface area (Å²) in [5.74, 6) is 0.831. The molecule has 6 nitrogen and oxygen atoms in total. The highest BCUT2D eigenvalue weighted by atomic mass is 127. The number of hydrogen-bond acceptors (Lipinski definition) is 3. The molecule has 1 unspecified atom stereocenters. The van der Waals surface area contributed by atoms with Crippen molar-refractivity contribution in [2.75, 3.05) is 40.8 Å². The van der Waals surface area contributed by atoms with Gasteiger partial charge in [-0.15, -0.1) is 24.0 Å². The predicted molar refractivity (Wildman–Crippen MR) is 123 cm³/mol. The predicted octanol–water partition coefficient (Wildman–Crippen LogP) is 2.55. The van der Waals surface area contributed by atoms with Gasteiger partial charge in [-0.05, 0) is 44.0 Å². The number of nitrogens with one attached hydrogen (secondary N) is 2. The Balaban J connectivity index is 0.00000364. The van der Waals surface area contributed by atoms with Crippen LogP contribution >= 0.6 is 24.0 Å². The molecule has 0 bridgehead atoms. The lowest BCUT2D eigenvalue weighted by atomic mass is 10.0. The van der Waals surface area contributed by atoms with Gasteiger partial charge < -0.3 is 15.5 Å². The number of piperidine rings is 1. The lowest BCUT2D eigenvalue weighted by Crippen LogP contribution is -2.45. The Labute approximate surface area is 180 Å². The SMILES string of the molecule is CN=C(NCCN1CCCCC1C)NCc1ccc(C(=O)N(C)C)cc1.I. The fourth-order valence-electron chi connectivity index (χ4n) is 3.24. The molecule has 0 saturated carbocycles. The van der Waals surface area contributed by atoms with Crippen molar-refractivity contribution >= 4 is 35.8 Å². The first kappa shape index (κ1) is 23.7. The normalized spacial score (nSPS) is 17.8. The molecule has 1 aromatic carbocycles. The van der Waals surface area contributed by atoms with Gasteiger partial charge in [-0.2, -0.15) is 0 Å². The highest BCUT2D eigenvalue weighted by Crippen LogP contribution is 2.15. The van der Waals surface area contributed by atoms with E-state index in [9.17, 15) is 4.79 Å². The summed E-state index contributed by atoms with van der Waals surface area (Å²) in [7, 11) is 5.31. The standard InChI is InChI=1S/C20H33N5O.HI/c1-16-7-5-6-13-25(16)14-12-22-20(21-2)23-15-17-8-10-18(11-9-17)19(26)24(3)4;/h8-11,16H,5-7,12-15H2,1-4H3,(H2,21,22,23);1H. The van der Waals surface area contributed by atoms with Crippen molar-refractivity contribution in [1.82, 2.24) is 20.4 Å². The smallest absolute Gasteiger partial charge is 0.253 e. The van der Waals surface area contributed by atoms with Crippen LogP contribution in [0, 0.1) is 0 Å². The number of halogens is 1. The zero-order chi connectivity index (χ0) is 18.9. The van der Waals surface area contributed by atoms with E-state index in [0.717, 1.165) is 24.6 Å². The summed E-state index contributed by atoms with van der Waals surface area (Å²) in [6.07, 6.45) is 3.97.